The van der Waals surface area contributed by atoms with Crippen LogP contribution >= 0.6 is 7.82 Å². The zero-order valence-electron chi connectivity index (χ0n) is 26.6. The molecular weight excluding hydrogens is 701 g/mol. The molecule has 5 unspecified atom stereocenters. The van der Waals surface area contributed by atoms with E-state index < -0.39 is 112 Å². The molecule has 24 heteroatoms. The molecule has 0 aromatic carbocycles. The van der Waals surface area contributed by atoms with E-state index in [9.17, 15) is 59.3 Å². The van der Waals surface area contributed by atoms with Crippen LogP contribution in [0.4, 0.5) is 5.82 Å². The lowest BCUT2D eigenvalue weighted by Gasteiger charge is -2.46. The minimum atomic E-state index is -5.44. The fraction of sp³-hybridized carbons (Fsp3) is 0.731. The maximum Gasteiger partial charge on any atom is 0.475 e. The van der Waals surface area contributed by atoms with Crippen LogP contribution in [0.2, 0.25) is 0 Å². The van der Waals surface area contributed by atoms with E-state index in [-0.39, 0.29) is 31.9 Å². The summed E-state index contributed by atoms with van der Waals surface area (Å²) in [4.78, 5) is 63.2. The van der Waals surface area contributed by atoms with Crippen LogP contribution in [0, 0.1) is 0 Å². The zero-order valence-corrected chi connectivity index (χ0v) is 27.5. The number of nitrogens with two attached hydrogens (primary N) is 1. The van der Waals surface area contributed by atoms with E-state index in [1.807, 2.05) is 0 Å². The van der Waals surface area contributed by atoms with E-state index in [0.717, 1.165) is 10.8 Å². The number of nitrogens with one attached hydrogen (secondary N) is 2. The number of hydrogen-bond donors (Lipinski definition) is 10. The van der Waals surface area contributed by atoms with Gasteiger partial charge in [-0.25, -0.2) is 13.9 Å². The van der Waals surface area contributed by atoms with Crippen LogP contribution in [0.1, 0.15) is 19.1 Å². The summed E-state index contributed by atoms with van der Waals surface area (Å²) in [6.45, 7) is -1.28. The molecule has 0 spiro atoms. The molecule has 3 rings (SSSR count). The number of aliphatic hydroxyl groups is 6. The lowest BCUT2D eigenvalue weighted by atomic mass is 9.89. The smallest absolute Gasteiger partial charge is 0.394 e. The van der Waals surface area contributed by atoms with Crippen LogP contribution in [0.15, 0.2) is 17.1 Å². The van der Waals surface area contributed by atoms with Crippen LogP contribution in [0.3, 0.4) is 0 Å². The summed E-state index contributed by atoms with van der Waals surface area (Å²) >= 11 is 0. The second kappa shape index (κ2) is 18.5. The van der Waals surface area contributed by atoms with Gasteiger partial charge in [-0.3, -0.25) is 23.5 Å². The van der Waals surface area contributed by atoms with E-state index in [1.165, 1.54) is 13.2 Å². The van der Waals surface area contributed by atoms with Crippen LogP contribution in [-0.2, 0) is 46.9 Å². The number of rotatable bonds is 19. The summed E-state index contributed by atoms with van der Waals surface area (Å²) in [6, 6.07) is -0.465. The number of hydrogen-bond acceptors (Lipinski definition) is 19. The van der Waals surface area contributed by atoms with Crippen molar-refractivity contribution in [2.75, 3.05) is 52.4 Å². The number of methoxy groups -OCH3 is 1. The maximum atomic E-state index is 13.0. The Hall–Kier alpha value is -3.00. The third-order valence-corrected chi connectivity index (χ3v) is 8.49. The highest BCUT2D eigenvalue weighted by Gasteiger charge is 2.55. The van der Waals surface area contributed by atoms with Crippen LogP contribution < -0.4 is 22.1 Å². The molecule has 0 saturated carbocycles. The van der Waals surface area contributed by atoms with Crippen LogP contribution in [0.5, 0.6) is 0 Å². The maximum absolute atomic E-state index is 13.0. The first-order valence-electron chi connectivity index (χ1n) is 15.0. The highest BCUT2D eigenvalue weighted by atomic mass is 31.2. The molecule has 2 aliphatic rings. The quantitative estimate of drug-likeness (QED) is 0.0273. The van der Waals surface area contributed by atoms with Gasteiger partial charge < -0.3 is 70.8 Å². The van der Waals surface area contributed by atoms with Gasteiger partial charge in [0, 0.05) is 26.3 Å². The third-order valence-electron chi connectivity index (χ3n) is 7.48. The Bertz CT molecular complexity index is 1410. The summed E-state index contributed by atoms with van der Waals surface area (Å²) in [5.41, 5.74) is 4.50. The molecule has 2 amide bonds. The van der Waals surface area contributed by atoms with Gasteiger partial charge in [-0.15, -0.1) is 0 Å². The first-order chi connectivity index (χ1) is 23.6. The second-order valence-corrected chi connectivity index (χ2v) is 12.6. The summed E-state index contributed by atoms with van der Waals surface area (Å²) < 4.78 is 44.5. The normalized spacial score (nSPS) is 30.6. The van der Waals surface area contributed by atoms with E-state index in [4.69, 9.17) is 33.7 Å². The van der Waals surface area contributed by atoms with Crippen molar-refractivity contribution >= 4 is 31.7 Å². The van der Waals surface area contributed by atoms with Gasteiger partial charge in [-0.2, -0.15) is 4.98 Å². The molecule has 1 aromatic rings. The first kappa shape index (κ1) is 41.4. The molecular formula is C26H42N5O18P. The van der Waals surface area contributed by atoms with Crippen molar-refractivity contribution < 1.29 is 82.5 Å². The molecule has 284 valence electrons. The second-order valence-electron chi connectivity index (χ2n) is 11.2. The number of anilines is 1. The summed E-state index contributed by atoms with van der Waals surface area (Å²) in [5.74, 6) is -4.78. The SMILES string of the molecule is COCCOCCNC(=O)CC(=O)NC1C([C@H](O)[C@H](O)CO)O[C@@](C=O)(OP(=O)(O)OCC2OC(n3ccc(N)nc3=O)[C@H](O)[C@@H]2O)C[C@H]1O. The Labute approximate surface area is 283 Å². The van der Waals surface area contributed by atoms with Crippen molar-refractivity contribution in [1.29, 1.82) is 0 Å². The number of phosphoric acid groups is 1. The summed E-state index contributed by atoms with van der Waals surface area (Å²) in [6.07, 6.45) is -15.5. The minimum absolute atomic E-state index is 0.0462. The fourth-order valence-corrected chi connectivity index (χ4v) is 5.93. The van der Waals surface area contributed by atoms with Gasteiger partial charge in [0.1, 0.15) is 48.9 Å². The first-order valence-corrected chi connectivity index (χ1v) is 16.5. The van der Waals surface area contributed by atoms with Gasteiger partial charge in [0.15, 0.2) is 12.5 Å². The minimum Gasteiger partial charge on any atom is -0.394 e. The summed E-state index contributed by atoms with van der Waals surface area (Å²) in [7, 11) is -3.96. The largest absolute Gasteiger partial charge is 0.475 e. The number of aromatic nitrogens is 2. The van der Waals surface area contributed by atoms with Crippen molar-refractivity contribution in [3.8, 4) is 0 Å². The number of carbonyl (C=O) groups is 3. The van der Waals surface area contributed by atoms with Gasteiger partial charge in [-0.05, 0) is 6.07 Å². The van der Waals surface area contributed by atoms with Gasteiger partial charge >= 0.3 is 13.5 Å². The third kappa shape index (κ3) is 11.0. The van der Waals surface area contributed by atoms with Crippen molar-refractivity contribution in [2.24, 2.45) is 0 Å². The fourth-order valence-electron chi connectivity index (χ4n) is 4.99. The lowest BCUT2D eigenvalue weighted by molar-refractivity contribution is -0.274. The van der Waals surface area contributed by atoms with Crippen molar-refractivity contribution in [3.63, 3.8) is 0 Å². The lowest BCUT2D eigenvalue weighted by Crippen LogP contribution is -2.66. The van der Waals surface area contributed by atoms with Gasteiger partial charge in [0.2, 0.25) is 17.6 Å². The Balaban J connectivity index is 1.67. The molecule has 0 bridgehead atoms. The molecule has 0 aliphatic carbocycles. The molecule has 50 heavy (non-hydrogen) atoms. The van der Waals surface area contributed by atoms with E-state index >= 15 is 0 Å². The number of ether oxygens (including phenoxy) is 4. The van der Waals surface area contributed by atoms with Gasteiger partial charge in [0.05, 0.1) is 45.2 Å². The molecule has 11 atom stereocenters. The molecule has 11 N–H and O–H groups in total. The van der Waals surface area contributed by atoms with Crippen molar-refractivity contribution in [3.05, 3.63) is 22.7 Å². The number of carbonyl (C=O) groups excluding carboxylic acids is 3. The van der Waals surface area contributed by atoms with Gasteiger partial charge in [-0.1, -0.05) is 0 Å². The Kier molecular flexibility index (Phi) is 15.3. The van der Waals surface area contributed by atoms with Crippen LogP contribution in [-0.4, -0.2) is 164 Å². The van der Waals surface area contributed by atoms with Crippen molar-refractivity contribution in [2.45, 2.75) is 73.6 Å². The molecule has 2 aliphatic heterocycles. The summed E-state index contributed by atoms with van der Waals surface area (Å²) in [5, 5.41) is 66.5. The standard InChI is InChI=1S/C26H42N5O18P/c1-44-6-7-45-5-3-28-17(36)8-18(37)30-19-13(34)9-26(12-33,48-23(19)20(38)14(35)10-32)49-50(42,43)46-11-15-21(39)22(40)24(47-15)31-4-2-16(27)29-25(31)41/h2,4,12-15,19-24,32,34-35,38-40H,3,5-11H2,1H3,(H,28,36)(H,30,37)(H,42,43)(H2,27,29,41)/t13-,14-,15?,19?,20-,21-,22-,23?,24?,26-/m1/s1. The molecule has 1 aromatic heterocycles. The molecule has 3 heterocycles. The van der Waals surface area contributed by atoms with Crippen molar-refractivity contribution in [1.82, 2.24) is 20.2 Å². The predicted molar refractivity (Wildman–Crippen MR) is 161 cm³/mol. The Morgan fingerprint density at radius 1 is 1.22 bits per heavy atom. The predicted octanol–water partition coefficient (Wildman–Crippen LogP) is -6.01. The van der Waals surface area contributed by atoms with E-state index in [2.05, 4.69) is 15.6 Å². The Morgan fingerprint density at radius 3 is 2.58 bits per heavy atom. The topological polar surface area (TPSA) is 350 Å². The molecule has 2 saturated heterocycles. The molecule has 0 radical (unpaired) electrons. The Morgan fingerprint density at radius 2 is 1.94 bits per heavy atom. The molecule has 23 nitrogen and oxygen atoms in total. The number of phosphoric ester groups is 1. The van der Waals surface area contributed by atoms with E-state index in [0.29, 0.717) is 6.61 Å². The average Bonchev–Trinajstić information content (AvgIpc) is 3.34. The highest BCUT2D eigenvalue weighted by Crippen LogP contribution is 2.50. The number of aliphatic hydroxyl groups excluding tert-OH is 6. The zero-order chi connectivity index (χ0) is 37.2. The number of aldehydes is 1. The number of nitrogen functional groups attached to an aromatic ring is 1. The molecule has 2 fully saturated rings. The van der Waals surface area contributed by atoms with E-state index in [1.54, 1.807) is 0 Å². The average molecular weight is 744 g/mol. The monoisotopic (exact) mass is 743 g/mol. The number of nitrogens with zero attached hydrogens (tertiary/aromatic N) is 2. The van der Waals surface area contributed by atoms with Gasteiger partial charge in [0.25, 0.3) is 0 Å². The highest BCUT2D eigenvalue weighted by molar-refractivity contribution is 7.47. The van der Waals surface area contributed by atoms with Crippen LogP contribution in [0.25, 0.3) is 0 Å². The number of amides is 2.